The topological polar surface area (TPSA) is 28.7 Å². The second kappa shape index (κ2) is 3.54. The van der Waals surface area contributed by atoms with Gasteiger partial charge in [-0.05, 0) is 37.3 Å². The van der Waals surface area contributed by atoms with Gasteiger partial charge in [-0.15, -0.1) is 0 Å². The van der Waals surface area contributed by atoms with Crippen LogP contribution in [0.1, 0.15) is 31.2 Å². The quantitative estimate of drug-likeness (QED) is 0.746. The van der Waals surface area contributed by atoms with Gasteiger partial charge in [-0.2, -0.15) is 0 Å². The highest BCUT2D eigenvalue weighted by molar-refractivity contribution is 5.92. The minimum Gasteiger partial charge on any atom is -0.359 e. The van der Waals surface area contributed by atoms with Crippen molar-refractivity contribution >= 4 is 16.5 Å². The number of aromatic nitrogens is 2. The summed E-state index contributed by atoms with van der Waals surface area (Å²) in [6.45, 7) is 0. The molecule has 1 aliphatic carbocycles. The van der Waals surface area contributed by atoms with E-state index in [1.165, 1.54) is 42.2 Å². The fourth-order valence-corrected chi connectivity index (χ4v) is 2.32. The van der Waals surface area contributed by atoms with E-state index >= 15 is 0 Å². The zero-order chi connectivity index (χ0) is 10.1. The average Bonchev–Trinajstić information content (AvgIpc) is 2.74. The lowest BCUT2D eigenvalue weighted by Crippen LogP contribution is -1.90. The number of hydrogen-bond acceptors (Lipinski definition) is 1. The molecule has 0 fully saturated rings. The molecule has 1 aliphatic rings. The summed E-state index contributed by atoms with van der Waals surface area (Å²) in [6.07, 6.45) is 13.4. The lowest BCUT2D eigenvalue weighted by atomic mass is 9.94. The number of H-pyrrole nitrogens is 1. The second-order valence-corrected chi connectivity index (χ2v) is 4.10. The van der Waals surface area contributed by atoms with Crippen molar-refractivity contribution < 1.29 is 0 Å². The van der Waals surface area contributed by atoms with Gasteiger partial charge >= 0.3 is 0 Å². The van der Waals surface area contributed by atoms with Gasteiger partial charge in [0, 0.05) is 23.3 Å². The molecule has 0 atom stereocenters. The van der Waals surface area contributed by atoms with E-state index in [0.717, 1.165) is 5.52 Å². The molecule has 0 saturated carbocycles. The van der Waals surface area contributed by atoms with Gasteiger partial charge in [-0.25, -0.2) is 0 Å². The lowest BCUT2D eigenvalue weighted by Gasteiger charge is -2.11. The third-order valence-corrected chi connectivity index (χ3v) is 3.12. The Morgan fingerprint density at radius 2 is 2.27 bits per heavy atom. The number of aromatic amines is 1. The van der Waals surface area contributed by atoms with Gasteiger partial charge in [0.2, 0.25) is 0 Å². The average molecular weight is 198 g/mol. The lowest BCUT2D eigenvalue weighted by molar-refractivity contribution is 0.742. The maximum Gasteiger partial charge on any atom is 0.0646 e. The highest BCUT2D eigenvalue weighted by Gasteiger charge is 2.10. The smallest absolute Gasteiger partial charge is 0.0646 e. The second-order valence-electron chi connectivity index (χ2n) is 4.10. The predicted octanol–water partition coefficient (Wildman–Crippen LogP) is 3.52. The van der Waals surface area contributed by atoms with Crippen molar-refractivity contribution in [2.24, 2.45) is 0 Å². The van der Waals surface area contributed by atoms with Crippen LogP contribution in [0.4, 0.5) is 0 Å². The molecule has 2 nitrogen and oxygen atoms in total. The molecule has 2 heterocycles. The van der Waals surface area contributed by atoms with Gasteiger partial charge in [0.05, 0.1) is 11.7 Å². The third-order valence-electron chi connectivity index (χ3n) is 3.12. The number of allylic oxidation sites excluding steroid dienone is 2. The Morgan fingerprint density at radius 1 is 1.27 bits per heavy atom. The Labute approximate surface area is 89.0 Å². The van der Waals surface area contributed by atoms with Gasteiger partial charge in [-0.1, -0.05) is 6.08 Å². The van der Waals surface area contributed by atoms with Gasteiger partial charge in [0.15, 0.2) is 0 Å². The van der Waals surface area contributed by atoms with Crippen molar-refractivity contribution in [1.29, 1.82) is 0 Å². The number of hydrogen-bond donors (Lipinski definition) is 1. The molecule has 1 N–H and O–H groups in total. The summed E-state index contributed by atoms with van der Waals surface area (Å²) in [6, 6.07) is 2.09. The maximum absolute atomic E-state index is 4.12. The summed E-state index contributed by atoms with van der Waals surface area (Å²) in [5, 5.41) is 1.30. The van der Waals surface area contributed by atoms with E-state index in [-0.39, 0.29) is 0 Å². The Morgan fingerprint density at radius 3 is 3.13 bits per heavy atom. The van der Waals surface area contributed by atoms with Crippen molar-refractivity contribution in [3.8, 4) is 0 Å². The Balaban J connectivity index is 2.14. The molecular formula is C13H14N2. The molecule has 2 heteroatoms. The van der Waals surface area contributed by atoms with Gasteiger partial charge < -0.3 is 4.98 Å². The van der Waals surface area contributed by atoms with Crippen LogP contribution in [0.2, 0.25) is 0 Å². The number of rotatable bonds is 1. The van der Waals surface area contributed by atoms with E-state index in [0.29, 0.717) is 0 Å². The van der Waals surface area contributed by atoms with Crippen LogP contribution in [0.25, 0.3) is 16.5 Å². The largest absolute Gasteiger partial charge is 0.359 e. The zero-order valence-electron chi connectivity index (χ0n) is 8.66. The SMILES string of the molecule is C1=C(c2c[nH]c3cnccc23)CCCC1. The van der Waals surface area contributed by atoms with Crippen LogP contribution in [-0.2, 0) is 0 Å². The molecule has 2 aromatic heterocycles. The Kier molecular flexibility index (Phi) is 2.05. The molecule has 3 rings (SSSR count). The van der Waals surface area contributed by atoms with E-state index in [1.807, 2.05) is 12.4 Å². The molecule has 0 bridgehead atoms. The first-order valence-corrected chi connectivity index (χ1v) is 5.55. The molecule has 0 saturated heterocycles. The maximum atomic E-state index is 4.12. The minimum absolute atomic E-state index is 1.14. The first kappa shape index (κ1) is 8.72. The molecular weight excluding hydrogens is 184 g/mol. The predicted molar refractivity (Wildman–Crippen MR) is 62.5 cm³/mol. The Hall–Kier alpha value is -1.57. The monoisotopic (exact) mass is 198 g/mol. The molecule has 0 amide bonds. The summed E-state index contributed by atoms with van der Waals surface area (Å²) in [4.78, 5) is 7.40. The molecule has 76 valence electrons. The molecule has 0 radical (unpaired) electrons. The van der Waals surface area contributed by atoms with Crippen LogP contribution in [-0.4, -0.2) is 9.97 Å². The number of fused-ring (bicyclic) bond motifs is 1. The molecule has 0 unspecified atom stereocenters. The summed E-state index contributed by atoms with van der Waals surface area (Å²) in [5.74, 6) is 0. The van der Waals surface area contributed by atoms with Crippen LogP contribution in [0.5, 0.6) is 0 Å². The highest BCUT2D eigenvalue weighted by atomic mass is 14.7. The van der Waals surface area contributed by atoms with E-state index in [9.17, 15) is 0 Å². The number of nitrogens with one attached hydrogen (secondary N) is 1. The van der Waals surface area contributed by atoms with Crippen molar-refractivity contribution in [2.75, 3.05) is 0 Å². The molecule has 0 aromatic carbocycles. The van der Waals surface area contributed by atoms with E-state index in [1.54, 1.807) is 0 Å². The molecule has 0 spiro atoms. The highest BCUT2D eigenvalue weighted by Crippen LogP contribution is 2.31. The summed E-state index contributed by atoms with van der Waals surface area (Å²) < 4.78 is 0. The van der Waals surface area contributed by atoms with Crippen LogP contribution in [0.15, 0.2) is 30.7 Å². The van der Waals surface area contributed by atoms with E-state index in [2.05, 4.69) is 28.3 Å². The van der Waals surface area contributed by atoms with Crippen LogP contribution in [0, 0.1) is 0 Å². The van der Waals surface area contributed by atoms with E-state index < -0.39 is 0 Å². The van der Waals surface area contributed by atoms with Crippen LogP contribution in [0.3, 0.4) is 0 Å². The van der Waals surface area contributed by atoms with Crippen molar-refractivity contribution in [3.05, 3.63) is 36.3 Å². The van der Waals surface area contributed by atoms with Gasteiger partial charge in [0.25, 0.3) is 0 Å². The van der Waals surface area contributed by atoms with Crippen LogP contribution < -0.4 is 0 Å². The normalized spacial score (nSPS) is 16.7. The van der Waals surface area contributed by atoms with Gasteiger partial charge in [-0.3, -0.25) is 4.98 Å². The fourth-order valence-electron chi connectivity index (χ4n) is 2.32. The fraction of sp³-hybridized carbons (Fsp3) is 0.308. The van der Waals surface area contributed by atoms with Crippen LogP contribution >= 0.6 is 0 Å². The first-order valence-electron chi connectivity index (χ1n) is 5.55. The summed E-state index contributed by atoms with van der Waals surface area (Å²) in [5.41, 5.74) is 4.00. The molecule has 2 aromatic rings. The summed E-state index contributed by atoms with van der Waals surface area (Å²) >= 11 is 0. The first-order chi connectivity index (χ1) is 7.45. The van der Waals surface area contributed by atoms with Crippen molar-refractivity contribution in [2.45, 2.75) is 25.7 Å². The number of nitrogens with zero attached hydrogens (tertiary/aromatic N) is 1. The minimum atomic E-state index is 1.14. The molecule has 15 heavy (non-hydrogen) atoms. The standard InChI is InChI=1S/C13H14N2/c1-2-4-10(5-3-1)12-8-15-13-9-14-7-6-11(12)13/h4,6-9,15H,1-3,5H2. The molecule has 0 aliphatic heterocycles. The zero-order valence-corrected chi connectivity index (χ0v) is 8.66. The summed E-state index contributed by atoms with van der Waals surface area (Å²) in [7, 11) is 0. The van der Waals surface area contributed by atoms with E-state index in [4.69, 9.17) is 0 Å². The van der Waals surface area contributed by atoms with Crippen molar-refractivity contribution in [3.63, 3.8) is 0 Å². The van der Waals surface area contributed by atoms with Crippen molar-refractivity contribution in [1.82, 2.24) is 9.97 Å². The Bertz CT molecular complexity index is 508. The third kappa shape index (κ3) is 1.46. The number of pyridine rings is 1. The van der Waals surface area contributed by atoms with Gasteiger partial charge in [0.1, 0.15) is 0 Å².